The number of rotatable bonds is 4. The second-order valence-corrected chi connectivity index (χ2v) is 7.77. The molecule has 3 aliphatic heterocycles. The molecule has 0 N–H and O–H groups in total. The molecular formula is C21H31N3O2. The summed E-state index contributed by atoms with van der Waals surface area (Å²) in [5.41, 5.74) is 4.22. The van der Waals surface area contributed by atoms with Crippen molar-refractivity contribution in [3.8, 4) is 0 Å². The van der Waals surface area contributed by atoms with Gasteiger partial charge in [-0.05, 0) is 49.8 Å². The first kappa shape index (κ1) is 17.8. The van der Waals surface area contributed by atoms with Gasteiger partial charge >= 0.3 is 0 Å². The molecule has 2 fully saturated rings. The number of likely N-dealkylation sites (tertiary alicyclic amines) is 1. The largest absolute Gasteiger partial charge is 0.371 e. The lowest BCUT2D eigenvalue weighted by Crippen LogP contribution is -2.51. The van der Waals surface area contributed by atoms with Crippen LogP contribution in [0.3, 0.4) is 0 Å². The molecule has 1 aromatic carbocycles. The fraction of sp³-hybridized carbons (Fsp3) is 0.667. The highest BCUT2D eigenvalue weighted by molar-refractivity contribution is 5.81. The Morgan fingerprint density at radius 2 is 2.00 bits per heavy atom. The van der Waals surface area contributed by atoms with Crippen LogP contribution in [0.1, 0.15) is 37.3 Å². The van der Waals surface area contributed by atoms with Crippen LogP contribution < -0.4 is 4.90 Å². The maximum absolute atomic E-state index is 12.7. The summed E-state index contributed by atoms with van der Waals surface area (Å²) in [5.74, 6) is 0.196. The third-order valence-corrected chi connectivity index (χ3v) is 6.02. The van der Waals surface area contributed by atoms with Crippen LogP contribution in [0.4, 0.5) is 5.69 Å². The molecule has 0 saturated carbocycles. The predicted octanol–water partition coefficient (Wildman–Crippen LogP) is 2.28. The fourth-order valence-electron chi connectivity index (χ4n) is 4.52. The van der Waals surface area contributed by atoms with Crippen molar-refractivity contribution in [1.29, 1.82) is 0 Å². The van der Waals surface area contributed by atoms with E-state index in [2.05, 4.69) is 34.9 Å². The molecule has 4 rings (SSSR count). The summed E-state index contributed by atoms with van der Waals surface area (Å²) in [6.45, 7) is 9.42. The monoisotopic (exact) mass is 357 g/mol. The van der Waals surface area contributed by atoms with Gasteiger partial charge in [-0.3, -0.25) is 9.69 Å². The number of ether oxygens (including phenoxy) is 1. The molecule has 0 bridgehead atoms. The van der Waals surface area contributed by atoms with Gasteiger partial charge in [0, 0.05) is 51.5 Å². The molecule has 1 atom stereocenters. The number of amides is 1. The molecule has 5 heteroatoms. The lowest BCUT2D eigenvalue weighted by molar-refractivity contribution is -0.150. The van der Waals surface area contributed by atoms with Gasteiger partial charge in [0.2, 0.25) is 0 Å². The summed E-state index contributed by atoms with van der Waals surface area (Å²) in [6, 6.07) is 6.89. The third kappa shape index (κ3) is 3.74. The smallest absolute Gasteiger partial charge is 0.253 e. The van der Waals surface area contributed by atoms with E-state index < -0.39 is 0 Å². The molecule has 1 aromatic rings. The number of nitrogens with zero attached hydrogens (tertiary/aromatic N) is 3. The van der Waals surface area contributed by atoms with Crippen molar-refractivity contribution >= 4 is 11.6 Å². The van der Waals surface area contributed by atoms with Gasteiger partial charge in [-0.15, -0.1) is 0 Å². The van der Waals surface area contributed by atoms with Crippen molar-refractivity contribution in [3.05, 3.63) is 29.3 Å². The first-order valence-corrected chi connectivity index (χ1v) is 10.2. The van der Waals surface area contributed by atoms with Gasteiger partial charge in [-0.25, -0.2) is 0 Å². The molecule has 2 saturated heterocycles. The van der Waals surface area contributed by atoms with E-state index in [1.165, 1.54) is 23.2 Å². The zero-order valence-electron chi connectivity index (χ0n) is 16.0. The van der Waals surface area contributed by atoms with Crippen molar-refractivity contribution in [3.63, 3.8) is 0 Å². The van der Waals surface area contributed by atoms with Gasteiger partial charge in [0.25, 0.3) is 5.91 Å². The van der Waals surface area contributed by atoms with Crippen molar-refractivity contribution in [2.45, 2.75) is 45.3 Å². The number of likely N-dealkylation sites (N-methyl/N-ethyl adjacent to an activating group) is 1. The molecule has 26 heavy (non-hydrogen) atoms. The number of carbonyl (C=O) groups excluding carboxylic acids is 1. The summed E-state index contributed by atoms with van der Waals surface area (Å²) in [7, 11) is 0. The number of morpholine rings is 1. The van der Waals surface area contributed by atoms with Crippen LogP contribution in [-0.2, 0) is 22.5 Å². The van der Waals surface area contributed by atoms with Gasteiger partial charge in [-0.2, -0.15) is 0 Å². The Balaban J connectivity index is 1.37. The molecule has 3 heterocycles. The number of carbonyl (C=O) groups is 1. The molecule has 5 nitrogen and oxygen atoms in total. The fourth-order valence-corrected chi connectivity index (χ4v) is 4.52. The van der Waals surface area contributed by atoms with Crippen molar-refractivity contribution < 1.29 is 9.53 Å². The lowest BCUT2D eigenvalue weighted by atomic mass is 10.1. The van der Waals surface area contributed by atoms with E-state index in [1.54, 1.807) is 0 Å². The van der Waals surface area contributed by atoms with Gasteiger partial charge in [-0.1, -0.05) is 12.1 Å². The lowest BCUT2D eigenvalue weighted by Gasteiger charge is -2.36. The number of benzene rings is 1. The molecule has 1 amide bonds. The van der Waals surface area contributed by atoms with E-state index in [-0.39, 0.29) is 12.0 Å². The molecule has 142 valence electrons. The maximum atomic E-state index is 12.7. The summed E-state index contributed by atoms with van der Waals surface area (Å²) >= 11 is 0. The van der Waals surface area contributed by atoms with Crippen LogP contribution in [0, 0.1) is 0 Å². The predicted molar refractivity (Wildman–Crippen MR) is 103 cm³/mol. The Hall–Kier alpha value is -1.59. The van der Waals surface area contributed by atoms with Crippen LogP contribution in [-0.4, -0.2) is 67.7 Å². The van der Waals surface area contributed by atoms with Gasteiger partial charge in [0.1, 0.15) is 6.10 Å². The van der Waals surface area contributed by atoms with E-state index in [0.717, 1.165) is 58.5 Å². The van der Waals surface area contributed by atoms with E-state index in [1.807, 2.05) is 4.90 Å². The van der Waals surface area contributed by atoms with Gasteiger partial charge < -0.3 is 14.5 Å². The Bertz CT molecular complexity index is 642. The summed E-state index contributed by atoms with van der Waals surface area (Å²) in [6.07, 6.45) is 4.37. The quantitative estimate of drug-likeness (QED) is 0.828. The van der Waals surface area contributed by atoms with Crippen molar-refractivity contribution in [1.82, 2.24) is 9.80 Å². The number of hydrogen-bond acceptors (Lipinski definition) is 4. The molecular weight excluding hydrogens is 326 g/mol. The molecule has 0 aliphatic carbocycles. The zero-order chi connectivity index (χ0) is 17.9. The molecule has 0 unspecified atom stereocenters. The van der Waals surface area contributed by atoms with E-state index in [0.29, 0.717) is 13.2 Å². The minimum atomic E-state index is -0.285. The Labute approximate surface area is 156 Å². The molecule has 0 aromatic heterocycles. The Kier molecular flexibility index (Phi) is 5.46. The molecule has 0 radical (unpaired) electrons. The van der Waals surface area contributed by atoms with Crippen molar-refractivity contribution in [2.24, 2.45) is 0 Å². The average molecular weight is 357 g/mol. The van der Waals surface area contributed by atoms with E-state index in [9.17, 15) is 4.79 Å². The van der Waals surface area contributed by atoms with Crippen LogP contribution in [0.15, 0.2) is 18.2 Å². The van der Waals surface area contributed by atoms with Crippen LogP contribution in [0.5, 0.6) is 0 Å². The highest BCUT2D eigenvalue weighted by Gasteiger charge is 2.31. The van der Waals surface area contributed by atoms with E-state index in [4.69, 9.17) is 4.74 Å². The maximum Gasteiger partial charge on any atom is 0.253 e. The minimum absolute atomic E-state index is 0.196. The second-order valence-electron chi connectivity index (χ2n) is 7.77. The number of fused-ring (bicyclic) bond motifs is 1. The number of piperidine rings is 1. The van der Waals surface area contributed by atoms with Gasteiger partial charge in [0.05, 0.1) is 6.61 Å². The summed E-state index contributed by atoms with van der Waals surface area (Å²) in [5, 5.41) is 0. The van der Waals surface area contributed by atoms with E-state index >= 15 is 0 Å². The Morgan fingerprint density at radius 3 is 2.81 bits per heavy atom. The zero-order valence-corrected chi connectivity index (χ0v) is 16.0. The van der Waals surface area contributed by atoms with Crippen LogP contribution >= 0.6 is 0 Å². The third-order valence-electron chi connectivity index (χ3n) is 6.02. The molecule has 3 aliphatic rings. The Morgan fingerprint density at radius 1 is 1.15 bits per heavy atom. The van der Waals surface area contributed by atoms with Crippen LogP contribution in [0.2, 0.25) is 0 Å². The van der Waals surface area contributed by atoms with Crippen LogP contribution in [0.25, 0.3) is 0 Å². The topological polar surface area (TPSA) is 36.0 Å². The van der Waals surface area contributed by atoms with Crippen molar-refractivity contribution in [2.75, 3.05) is 50.8 Å². The normalized spacial score (nSPS) is 24.0. The van der Waals surface area contributed by atoms with Gasteiger partial charge in [0.15, 0.2) is 0 Å². The SMILES string of the molecule is CCN1CCc2cc(CN3CCO[C@H](C(=O)N4CCCCC4)C3)ccc21. The highest BCUT2D eigenvalue weighted by atomic mass is 16.5. The summed E-state index contributed by atoms with van der Waals surface area (Å²) in [4.78, 5) is 19.6. The molecule has 0 spiro atoms. The standard InChI is InChI=1S/C21H31N3O2/c1-2-23-11-8-18-14-17(6-7-19(18)23)15-22-12-13-26-20(16-22)21(25)24-9-4-3-5-10-24/h6-7,14,20H,2-5,8-13,15-16H2,1H3/t20-/m0/s1. The summed E-state index contributed by atoms with van der Waals surface area (Å²) < 4.78 is 5.82. The second kappa shape index (κ2) is 7.97. The number of anilines is 1. The minimum Gasteiger partial charge on any atom is -0.371 e. The highest BCUT2D eigenvalue weighted by Crippen LogP contribution is 2.29. The average Bonchev–Trinajstić information content (AvgIpc) is 3.10. The first-order valence-electron chi connectivity index (χ1n) is 10.2. The number of hydrogen-bond donors (Lipinski definition) is 0. The first-order chi connectivity index (χ1) is 12.7.